The van der Waals surface area contributed by atoms with Gasteiger partial charge in [-0.05, 0) is 24.3 Å². The molecule has 2 rings (SSSR count). The number of carbonyl (C=O) groups is 3. The second kappa shape index (κ2) is 9.33. The molecule has 0 spiro atoms. The third-order valence-corrected chi connectivity index (χ3v) is 4.58. The molecule has 0 aromatic heterocycles. The molecule has 1 aliphatic heterocycles. The van der Waals surface area contributed by atoms with E-state index in [9.17, 15) is 19.5 Å². The summed E-state index contributed by atoms with van der Waals surface area (Å²) in [5.41, 5.74) is 1.06. The molecule has 0 bridgehead atoms. The fraction of sp³-hybridized carbons (Fsp3) is 0.526. The van der Waals surface area contributed by atoms with Gasteiger partial charge in [0.05, 0.1) is 12.6 Å². The number of urea groups is 1. The molecule has 7 heteroatoms. The zero-order chi connectivity index (χ0) is 19.1. The average Bonchev–Trinajstić information content (AvgIpc) is 2.90. The Balaban J connectivity index is 1.81. The molecule has 1 aromatic carbocycles. The van der Waals surface area contributed by atoms with Crippen molar-refractivity contribution in [2.45, 2.75) is 45.2 Å². The highest BCUT2D eigenvalue weighted by Gasteiger charge is 2.37. The normalized spacial score (nSPS) is 18.2. The van der Waals surface area contributed by atoms with Gasteiger partial charge in [-0.3, -0.25) is 14.5 Å². The summed E-state index contributed by atoms with van der Waals surface area (Å²) in [6, 6.07) is 8.26. The maximum atomic E-state index is 12.4. The van der Waals surface area contributed by atoms with Crippen LogP contribution in [0.1, 0.15) is 32.3 Å². The van der Waals surface area contributed by atoms with Gasteiger partial charge in [-0.15, -0.1) is 0 Å². The summed E-state index contributed by atoms with van der Waals surface area (Å²) >= 11 is 0. The molecule has 1 saturated heterocycles. The number of hydrogen-bond donors (Lipinski definition) is 3. The van der Waals surface area contributed by atoms with E-state index in [1.165, 1.54) is 4.90 Å². The van der Waals surface area contributed by atoms with E-state index in [2.05, 4.69) is 10.6 Å². The monoisotopic (exact) mass is 361 g/mol. The molecule has 0 radical (unpaired) electrons. The molecule has 1 fully saturated rings. The largest absolute Gasteiger partial charge is 0.394 e. The van der Waals surface area contributed by atoms with Crippen LogP contribution >= 0.6 is 0 Å². The molecule has 3 N–H and O–H groups in total. The Labute approximate surface area is 153 Å². The Kier molecular flexibility index (Phi) is 7.15. The number of aliphatic hydroxyl groups is 1. The first-order chi connectivity index (χ1) is 12.4. The molecule has 7 nitrogen and oxygen atoms in total. The van der Waals surface area contributed by atoms with Crippen LogP contribution in [0.25, 0.3) is 0 Å². The van der Waals surface area contributed by atoms with Crippen molar-refractivity contribution in [1.82, 2.24) is 15.5 Å². The minimum Gasteiger partial charge on any atom is -0.394 e. The second-order valence-corrected chi connectivity index (χ2v) is 6.87. The van der Waals surface area contributed by atoms with E-state index in [1.54, 1.807) is 0 Å². The summed E-state index contributed by atoms with van der Waals surface area (Å²) in [5.74, 6) is -0.408. The van der Waals surface area contributed by atoms with Crippen molar-refractivity contribution < 1.29 is 19.5 Å². The van der Waals surface area contributed by atoms with Crippen LogP contribution in [0.5, 0.6) is 0 Å². The van der Waals surface area contributed by atoms with Crippen LogP contribution in [-0.2, 0) is 16.0 Å². The topological polar surface area (TPSA) is 98.7 Å². The molecule has 142 valence electrons. The zero-order valence-electron chi connectivity index (χ0n) is 15.3. The molecule has 2 atom stereocenters. The molecule has 0 aliphatic carbocycles. The molecule has 4 amide bonds. The lowest BCUT2D eigenvalue weighted by Crippen LogP contribution is -2.42. The fourth-order valence-corrected chi connectivity index (χ4v) is 2.85. The molecule has 0 saturated carbocycles. The Hall–Kier alpha value is -2.41. The van der Waals surface area contributed by atoms with Crippen molar-refractivity contribution in [2.24, 2.45) is 5.92 Å². The van der Waals surface area contributed by atoms with Crippen LogP contribution in [-0.4, -0.2) is 53.1 Å². The maximum Gasteiger partial charge on any atom is 0.324 e. The van der Waals surface area contributed by atoms with Crippen molar-refractivity contribution in [3.63, 3.8) is 0 Å². The van der Waals surface area contributed by atoms with Crippen LogP contribution in [0.15, 0.2) is 30.3 Å². The Morgan fingerprint density at radius 1 is 1.27 bits per heavy atom. The minimum absolute atomic E-state index is 0.116. The van der Waals surface area contributed by atoms with Crippen molar-refractivity contribution in [3.05, 3.63) is 35.9 Å². The number of imide groups is 1. The van der Waals surface area contributed by atoms with E-state index in [4.69, 9.17) is 0 Å². The lowest BCUT2D eigenvalue weighted by Gasteiger charge is -2.20. The number of aliphatic hydroxyl groups excluding tert-OH is 1. The Bertz CT molecular complexity index is 633. The maximum absolute atomic E-state index is 12.4. The van der Waals surface area contributed by atoms with Crippen LogP contribution in [0.4, 0.5) is 4.79 Å². The second-order valence-electron chi connectivity index (χ2n) is 6.87. The van der Waals surface area contributed by atoms with E-state index in [0.717, 1.165) is 5.56 Å². The van der Waals surface area contributed by atoms with Gasteiger partial charge in [0, 0.05) is 13.0 Å². The fourth-order valence-electron chi connectivity index (χ4n) is 2.85. The van der Waals surface area contributed by atoms with E-state index in [-0.39, 0.29) is 43.2 Å². The van der Waals surface area contributed by atoms with E-state index in [1.807, 2.05) is 44.2 Å². The van der Waals surface area contributed by atoms with Gasteiger partial charge >= 0.3 is 6.03 Å². The van der Waals surface area contributed by atoms with Crippen molar-refractivity contribution in [3.8, 4) is 0 Å². The quantitative estimate of drug-likeness (QED) is 0.573. The molecular weight excluding hydrogens is 334 g/mol. The van der Waals surface area contributed by atoms with Gasteiger partial charge in [0.2, 0.25) is 5.91 Å². The molecular formula is C19H27N3O4. The predicted molar refractivity (Wildman–Crippen MR) is 97.3 cm³/mol. The summed E-state index contributed by atoms with van der Waals surface area (Å²) in [4.78, 5) is 37.6. The summed E-state index contributed by atoms with van der Waals surface area (Å²) in [7, 11) is 0. The summed E-state index contributed by atoms with van der Waals surface area (Å²) < 4.78 is 0. The smallest absolute Gasteiger partial charge is 0.324 e. The average molecular weight is 361 g/mol. The van der Waals surface area contributed by atoms with Crippen LogP contribution in [0.3, 0.4) is 0 Å². The van der Waals surface area contributed by atoms with Crippen LogP contribution < -0.4 is 10.6 Å². The van der Waals surface area contributed by atoms with E-state index in [0.29, 0.717) is 13.0 Å². The van der Waals surface area contributed by atoms with Gasteiger partial charge < -0.3 is 15.7 Å². The van der Waals surface area contributed by atoms with Gasteiger partial charge in [-0.25, -0.2) is 4.79 Å². The number of carbonyl (C=O) groups excluding carboxylic acids is 3. The molecule has 1 aromatic rings. The summed E-state index contributed by atoms with van der Waals surface area (Å²) in [6.07, 6.45) is 0.959. The SMILES string of the molecule is CC(C)[C@@H](CO)NC(=O)CC[C@@H]1NC(=O)N(CCc2ccccc2)C1=O. The van der Waals surface area contributed by atoms with Gasteiger partial charge in [0.1, 0.15) is 6.04 Å². The molecule has 1 aliphatic rings. The highest BCUT2D eigenvalue weighted by molar-refractivity contribution is 6.04. The number of rotatable bonds is 9. The third kappa shape index (κ3) is 5.29. The van der Waals surface area contributed by atoms with Crippen molar-refractivity contribution in [2.75, 3.05) is 13.2 Å². The lowest BCUT2D eigenvalue weighted by atomic mass is 10.0. The van der Waals surface area contributed by atoms with Gasteiger partial charge in [-0.1, -0.05) is 44.2 Å². The Morgan fingerprint density at radius 2 is 1.96 bits per heavy atom. The number of nitrogens with zero attached hydrogens (tertiary/aromatic N) is 1. The molecule has 26 heavy (non-hydrogen) atoms. The van der Waals surface area contributed by atoms with Gasteiger partial charge in [0.25, 0.3) is 5.91 Å². The summed E-state index contributed by atoms with van der Waals surface area (Å²) in [6.45, 7) is 4.01. The highest BCUT2D eigenvalue weighted by atomic mass is 16.3. The van der Waals surface area contributed by atoms with Crippen molar-refractivity contribution >= 4 is 17.8 Å². The first-order valence-electron chi connectivity index (χ1n) is 8.98. The highest BCUT2D eigenvalue weighted by Crippen LogP contribution is 2.13. The van der Waals surface area contributed by atoms with Crippen LogP contribution in [0, 0.1) is 5.92 Å². The standard InChI is InChI=1S/C19H27N3O4/c1-13(2)16(12-23)20-17(24)9-8-15-18(25)22(19(26)21-15)11-10-14-6-4-3-5-7-14/h3-7,13,15-16,23H,8-12H2,1-2H3,(H,20,24)(H,21,26)/t15-,16+/m0/s1. The zero-order valence-corrected chi connectivity index (χ0v) is 15.3. The van der Waals surface area contributed by atoms with Crippen molar-refractivity contribution in [1.29, 1.82) is 0 Å². The number of hydrogen-bond acceptors (Lipinski definition) is 4. The summed E-state index contributed by atoms with van der Waals surface area (Å²) in [5, 5.41) is 14.6. The van der Waals surface area contributed by atoms with Gasteiger partial charge in [0.15, 0.2) is 0 Å². The first-order valence-corrected chi connectivity index (χ1v) is 8.98. The van der Waals surface area contributed by atoms with Gasteiger partial charge in [-0.2, -0.15) is 0 Å². The lowest BCUT2D eigenvalue weighted by molar-refractivity contribution is -0.127. The third-order valence-electron chi connectivity index (χ3n) is 4.58. The first kappa shape index (κ1) is 19.9. The molecule has 1 heterocycles. The van der Waals surface area contributed by atoms with E-state index < -0.39 is 12.1 Å². The minimum atomic E-state index is -0.671. The number of nitrogens with one attached hydrogen (secondary N) is 2. The Morgan fingerprint density at radius 3 is 2.58 bits per heavy atom. The predicted octanol–water partition coefficient (Wildman–Crippen LogP) is 1.06. The number of amides is 4. The molecule has 0 unspecified atom stereocenters. The van der Waals surface area contributed by atoms with Crippen LogP contribution in [0.2, 0.25) is 0 Å². The van der Waals surface area contributed by atoms with E-state index >= 15 is 0 Å². The number of benzene rings is 1.